The molecule has 0 aliphatic heterocycles. The third-order valence-corrected chi connectivity index (χ3v) is 5.74. The lowest BCUT2D eigenvalue weighted by molar-refractivity contribution is -0.118. The van der Waals surface area contributed by atoms with Gasteiger partial charge in [0.05, 0.1) is 4.90 Å². The number of para-hydroxylation sites is 1. The molecule has 0 fully saturated rings. The first-order valence-corrected chi connectivity index (χ1v) is 10.6. The molecule has 3 aromatic carbocycles. The zero-order chi connectivity index (χ0) is 21.7. The number of hydrogen-bond donors (Lipinski definition) is 2. The zero-order valence-corrected chi connectivity index (χ0v) is 17.3. The Morgan fingerprint density at radius 3 is 2.13 bits per heavy atom. The van der Waals surface area contributed by atoms with Crippen molar-refractivity contribution in [1.82, 2.24) is 0 Å². The fourth-order valence-corrected chi connectivity index (χ4v) is 3.84. The molecule has 8 heteroatoms. The van der Waals surface area contributed by atoms with Crippen molar-refractivity contribution in [3.05, 3.63) is 83.7 Å². The Balaban J connectivity index is 1.60. The number of nitrogens with one attached hydrogen (secondary N) is 2. The van der Waals surface area contributed by atoms with Crippen molar-refractivity contribution < 1.29 is 22.3 Å². The van der Waals surface area contributed by atoms with Gasteiger partial charge in [0.1, 0.15) is 11.6 Å². The van der Waals surface area contributed by atoms with Crippen LogP contribution in [0, 0.1) is 19.7 Å². The zero-order valence-electron chi connectivity index (χ0n) is 16.5. The summed E-state index contributed by atoms with van der Waals surface area (Å²) in [5, 5.41) is 2.82. The lowest BCUT2D eigenvalue weighted by atomic mass is 10.1. The number of sulfonamides is 1. The van der Waals surface area contributed by atoms with Gasteiger partial charge >= 0.3 is 0 Å². The third-order valence-electron chi connectivity index (χ3n) is 4.35. The minimum atomic E-state index is -3.83. The predicted molar refractivity (Wildman–Crippen MR) is 114 cm³/mol. The smallest absolute Gasteiger partial charge is 0.262 e. The average molecular weight is 428 g/mol. The average Bonchev–Trinajstić information content (AvgIpc) is 2.71. The molecular formula is C22H21FN2O4S. The molecule has 6 nitrogen and oxygen atoms in total. The second kappa shape index (κ2) is 8.96. The summed E-state index contributed by atoms with van der Waals surface area (Å²) in [6.45, 7) is 3.60. The molecule has 0 bridgehead atoms. The number of rotatable bonds is 7. The molecule has 2 N–H and O–H groups in total. The fraction of sp³-hybridized carbons (Fsp3) is 0.136. The van der Waals surface area contributed by atoms with E-state index >= 15 is 0 Å². The molecule has 0 radical (unpaired) electrons. The summed E-state index contributed by atoms with van der Waals surface area (Å²) in [5.41, 5.74) is 2.90. The first-order chi connectivity index (χ1) is 14.2. The van der Waals surface area contributed by atoms with E-state index in [-0.39, 0.29) is 23.1 Å². The van der Waals surface area contributed by atoms with Crippen molar-refractivity contribution in [3.8, 4) is 5.75 Å². The number of hydrogen-bond acceptors (Lipinski definition) is 4. The number of benzene rings is 3. The number of amides is 1. The van der Waals surface area contributed by atoms with Crippen LogP contribution in [0.2, 0.25) is 0 Å². The van der Waals surface area contributed by atoms with E-state index in [1.54, 1.807) is 0 Å². The van der Waals surface area contributed by atoms with Crippen molar-refractivity contribution in [3.63, 3.8) is 0 Å². The van der Waals surface area contributed by atoms with Gasteiger partial charge in [-0.15, -0.1) is 0 Å². The largest absolute Gasteiger partial charge is 0.484 e. The maximum absolute atomic E-state index is 13.0. The SMILES string of the molecule is Cc1cccc(C)c1NC(=O)COc1ccc(S(=O)(=O)Nc2ccc(F)cc2)cc1. The van der Waals surface area contributed by atoms with E-state index in [0.29, 0.717) is 5.75 Å². The van der Waals surface area contributed by atoms with Crippen molar-refractivity contribution in [2.45, 2.75) is 18.7 Å². The minimum Gasteiger partial charge on any atom is -0.484 e. The molecule has 0 saturated heterocycles. The maximum atomic E-state index is 13.0. The molecule has 1 amide bonds. The summed E-state index contributed by atoms with van der Waals surface area (Å²) < 4.78 is 45.6. The molecule has 3 rings (SSSR count). The summed E-state index contributed by atoms with van der Waals surface area (Å²) >= 11 is 0. The molecule has 30 heavy (non-hydrogen) atoms. The van der Waals surface area contributed by atoms with Gasteiger partial charge in [-0.25, -0.2) is 12.8 Å². The maximum Gasteiger partial charge on any atom is 0.262 e. The number of anilines is 2. The number of carbonyl (C=O) groups is 1. The Bertz CT molecular complexity index is 1120. The molecule has 0 aliphatic rings. The topological polar surface area (TPSA) is 84.5 Å². The standard InChI is InChI=1S/C22H21FN2O4S/c1-15-4-3-5-16(2)22(15)24-21(26)14-29-19-10-12-20(13-11-19)30(27,28)25-18-8-6-17(23)7-9-18/h3-13,25H,14H2,1-2H3,(H,24,26). The van der Waals surface area contributed by atoms with Crippen LogP contribution in [0.4, 0.5) is 15.8 Å². The second-order valence-corrected chi connectivity index (χ2v) is 8.37. The van der Waals surface area contributed by atoms with E-state index in [2.05, 4.69) is 10.0 Å². The number of aryl methyl sites for hydroxylation is 2. The van der Waals surface area contributed by atoms with Crippen LogP contribution in [0.25, 0.3) is 0 Å². The van der Waals surface area contributed by atoms with Gasteiger partial charge in [-0.2, -0.15) is 0 Å². The lowest BCUT2D eigenvalue weighted by Crippen LogP contribution is -2.21. The number of ether oxygens (including phenoxy) is 1. The molecule has 0 unspecified atom stereocenters. The van der Waals surface area contributed by atoms with Crippen molar-refractivity contribution >= 4 is 27.3 Å². The van der Waals surface area contributed by atoms with Crippen LogP contribution in [-0.4, -0.2) is 20.9 Å². The van der Waals surface area contributed by atoms with Gasteiger partial charge < -0.3 is 10.1 Å². The first-order valence-electron chi connectivity index (χ1n) is 9.12. The van der Waals surface area contributed by atoms with Gasteiger partial charge in [-0.1, -0.05) is 18.2 Å². The molecule has 0 aromatic heterocycles. The van der Waals surface area contributed by atoms with Gasteiger partial charge in [0.2, 0.25) is 0 Å². The summed E-state index contributed by atoms with van der Waals surface area (Å²) in [6, 6.07) is 16.4. The first kappa shape index (κ1) is 21.3. The van der Waals surface area contributed by atoms with Crippen LogP contribution in [0.15, 0.2) is 71.6 Å². The van der Waals surface area contributed by atoms with E-state index in [9.17, 15) is 17.6 Å². The Hall–Kier alpha value is -3.39. The minimum absolute atomic E-state index is 0.0131. The Morgan fingerprint density at radius 2 is 1.53 bits per heavy atom. The molecule has 0 atom stereocenters. The highest BCUT2D eigenvalue weighted by atomic mass is 32.2. The van der Waals surface area contributed by atoms with Gasteiger partial charge in [0, 0.05) is 11.4 Å². The van der Waals surface area contributed by atoms with Crippen LogP contribution in [-0.2, 0) is 14.8 Å². The van der Waals surface area contributed by atoms with Gasteiger partial charge in [0.25, 0.3) is 15.9 Å². The second-order valence-electron chi connectivity index (χ2n) is 6.69. The monoisotopic (exact) mass is 428 g/mol. The van der Waals surface area contributed by atoms with Gasteiger partial charge in [0.15, 0.2) is 6.61 Å². The molecular weight excluding hydrogens is 407 g/mol. The highest BCUT2D eigenvalue weighted by Crippen LogP contribution is 2.21. The van der Waals surface area contributed by atoms with Crippen LogP contribution in [0.3, 0.4) is 0 Å². The van der Waals surface area contributed by atoms with Crippen molar-refractivity contribution in [1.29, 1.82) is 0 Å². The van der Waals surface area contributed by atoms with E-state index in [1.165, 1.54) is 36.4 Å². The Labute approximate surface area is 174 Å². The van der Waals surface area contributed by atoms with E-state index < -0.39 is 15.8 Å². The Morgan fingerprint density at radius 1 is 0.933 bits per heavy atom. The number of halogens is 1. The van der Waals surface area contributed by atoms with Gasteiger partial charge in [-0.3, -0.25) is 9.52 Å². The van der Waals surface area contributed by atoms with Crippen molar-refractivity contribution in [2.24, 2.45) is 0 Å². The lowest BCUT2D eigenvalue weighted by Gasteiger charge is -2.12. The summed E-state index contributed by atoms with van der Waals surface area (Å²) in [7, 11) is -3.83. The molecule has 0 aliphatic carbocycles. The van der Waals surface area contributed by atoms with Crippen LogP contribution in [0.5, 0.6) is 5.75 Å². The molecule has 0 saturated carbocycles. The van der Waals surface area contributed by atoms with Crippen LogP contribution in [0.1, 0.15) is 11.1 Å². The number of carbonyl (C=O) groups excluding carboxylic acids is 1. The molecule has 3 aromatic rings. The van der Waals surface area contributed by atoms with Crippen LogP contribution < -0.4 is 14.8 Å². The fourth-order valence-electron chi connectivity index (χ4n) is 2.78. The molecule has 0 heterocycles. The predicted octanol–water partition coefficient (Wildman–Crippen LogP) is 4.26. The molecule has 0 spiro atoms. The van der Waals surface area contributed by atoms with Gasteiger partial charge in [-0.05, 0) is 73.5 Å². The van der Waals surface area contributed by atoms with Crippen molar-refractivity contribution in [2.75, 3.05) is 16.6 Å². The highest BCUT2D eigenvalue weighted by Gasteiger charge is 2.15. The summed E-state index contributed by atoms with van der Waals surface area (Å²) in [5.74, 6) is -0.421. The van der Waals surface area contributed by atoms with E-state index in [1.807, 2.05) is 32.0 Å². The quantitative estimate of drug-likeness (QED) is 0.589. The van der Waals surface area contributed by atoms with Crippen LogP contribution >= 0.6 is 0 Å². The van der Waals surface area contributed by atoms with E-state index in [4.69, 9.17) is 4.74 Å². The highest BCUT2D eigenvalue weighted by molar-refractivity contribution is 7.92. The van der Waals surface area contributed by atoms with E-state index in [0.717, 1.165) is 28.9 Å². The normalized spacial score (nSPS) is 11.0. The summed E-state index contributed by atoms with van der Waals surface area (Å²) in [4.78, 5) is 12.2. The third kappa shape index (κ3) is 5.36. The molecule has 156 valence electrons. The summed E-state index contributed by atoms with van der Waals surface area (Å²) in [6.07, 6.45) is 0. The Kier molecular flexibility index (Phi) is 6.37.